The van der Waals surface area contributed by atoms with E-state index < -0.39 is 0 Å². The molecule has 1 aromatic carbocycles. The van der Waals surface area contributed by atoms with Crippen molar-refractivity contribution in [1.29, 1.82) is 0 Å². The highest BCUT2D eigenvalue weighted by Gasteiger charge is 2.04. The third-order valence-electron chi connectivity index (χ3n) is 2.39. The van der Waals surface area contributed by atoms with Crippen LogP contribution in [-0.4, -0.2) is 16.0 Å². The van der Waals surface area contributed by atoms with E-state index in [2.05, 4.69) is 15.5 Å². The molecule has 19 heavy (non-hydrogen) atoms. The van der Waals surface area contributed by atoms with Crippen LogP contribution in [0.1, 0.15) is 25.1 Å². The Hall–Kier alpha value is -2.37. The maximum atomic E-state index is 11.2. The summed E-state index contributed by atoms with van der Waals surface area (Å²) in [5.74, 6) is 1.66. The molecule has 0 bridgehead atoms. The van der Waals surface area contributed by atoms with E-state index in [4.69, 9.17) is 9.26 Å². The second-order valence-corrected chi connectivity index (χ2v) is 3.95. The Morgan fingerprint density at radius 1 is 1.37 bits per heavy atom. The van der Waals surface area contributed by atoms with Crippen molar-refractivity contribution < 1.29 is 14.1 Å². The molecule has 0 aliphatic carbocycles. The molecule has 0 unspecified atom stereocenters. The van der Waals surface area contributed by atoms with Gasteiger partial charge in [-0.05, 0) is 31.2 Å². The molecule has 1 heterocycles. The summed E-state index contributed by atoms with van der Waals surface area (Å²) < 4.78 is 10.4. The molecule has 6 nitrogen and oxygen atoms in total. The number of aromatic nitrogens is 2. The molecule has 0 atom stereocenters. The fraction of sp³-hybridized carbons (Fsp3) is 0.308. The monoisotopic (exact) mass is 261 g/mol. The molecule has 0 saturated carbocycles. The quantitative estimate of drug-likeness (QED) is 0.893. The lowest BCUT2D eigenvalue weighted by Gasteiger charge is -2.06. The molecule has 0 aliphatic rings. The molecular weight excluding hydrogens is 246 g/mol. The summed E-state index contributed by atoms with van der Waals surface area (Å²) in [6.07, 6.45) is 0.453. The maximum absolute atomic E-state index is 11.2. The zero-order chi connectivity index (χ0) is 13.7. The van der Waals surface area contributed by atoms with Gasteiger partial charge in [0.05, 0.1) is 0 Å². The smallest absolute Gasteiger partial charge is 0.264 e. The predicted octanol–water partition coefficient (Wildman–Crippen LogP) is 2.31. The number of nitrogens with zero attached hydrogens (tertiary/aromatic N) is 2. The SMILES string of the molecule is CCC(=O)Nc1ccc(OCc2nc(C)no2)cc1. The lowest BCUT2D eigenvalue weighted by molar-refractivity contribution is -0.115. The average molecular weight is 261 g/mol. The number of rotatable bonds is 5. The molecule has 1 aromatic heterocycles. The number of hydrogen-bond acceptors (Lipinski definition) is 5. The number of nitrogens with one attached hydrogen (secondary N) is 1. The van der Waals surface area contributed by atoms with E-state index in [0.29, 0.717) is 23.9 Å². The first-order chi connectivity index (χ1) is 9.17. The molecular formula is C13H15N3O3. The van der Waals surface area contributed by atoms with Crippen molar-refractivity contribution in [2.24, 2.45) is 0 Å². The van der Waals surface area contributed by atoms with Crippen LogP contribution in [0, 0.1) is 6.92 Å². The average Bonchev–Trinajstić information content (AvgIpc) is 2.83. The summed E-state index contributed by atoms with van der Waals surface area (Å²) in [7, 11) is 0. The summed E-state index contributed by atoms with van der Waals surface area (Å²) in [5.41, 5.74) is 0.743. The minimum atomic E-state index is -0.0185. The van der Waals surface area contributed by atoms with Crippen LogP contribution in [-0.2, 0) is 11.4 Å². The number of carbonyl (C=O) groups is 1. The van der Waals surface area contributed by atoms with E-state index in [-0.39, 0.29) is 12.5 Å². The Bertz CT molecular complexity index is 549. The van der Waals surface area contributed by atoms with Gasteiger partial charge in [-0.2, -0.15) is 4.98 Å². The molecule has 1 N–H and O–H groups in total. The second-order valence-electron chi connectivity index (χ2n) is 3.95. The van der Waals surface area contributed by atoms with Gasteiger partial charge in [0, 0.05) is 12.1 Å². The van der Waals surface area contributed by atoms with Crippen LogP contribution in [0.25, 0.3) is 0 Å². The van der Waals surface area contributed by atoms with Crippen LogP contribution in [0.2, 0.25) is 0 Å². The highest BCUT2D eigenvalue weighted by molar-refractivity contribution is 5.90. The van der Waals surface area contributed by atoms with Crippen molar-refractivity contribution in [3.05, 3.63) is 36.0 Å². The van der Waals surface area contributed by atoms with Gasteiger partial charge in [0.25, 0.3) is 5.89 Å². The zero-order valence-electron chi connectivity index (χ0n) is 10.8. The van der Waals surface area contributed by atoms with Gasteiger partial charge in [-0.25, -0.2) is 0 Å². The van der Waals surface area contributed by atoms with E-state index in [1.165, 1.54) is 0 Å². The molecule has 0 spiro atoms. The van der Waals surface area contributed by atoms with Crippen molar-refractivity contribution >= 4 is 11.6 Å². The fourth-order valence-corrected chi connectivity index (χ4v) is 1.43. The van der Waals surface area contributed by atoms with Gasteiger partial charge >= 0.3 is 0 Å². The minimum Gasteiger partial charge on any atom is -0.484 e. The maximum Gasteiger partial charge on any atom is 0.264 e. The predicted molar refractivity (Wildman–Crippen MR) is 68.7 cm³/mol. The number of amides is 1. The third kappa shape index (κ3) is 3.80. The van der Waals surface area contributed by atoms with Gasteiger partial charge in [0.2, 0.25) is 5.91 Å². The number of hydrogen-bond donors (Lipinski definition) is 1. The summed E-state index contributed by atoms with van der Waals surface area (Å²) in [6, 6.07) is 7.10. The summed E-state index contributed by atoms with van der Waals surface area (Å²) >= 11 is 0. The Morgan fingerprint density at radius 2 is 2.11 bits per heavy atom. The van der Waals surface area contributed by atoms with Crippen molar-refractivity contribution in [2.75, 3.05) is 5.32 Å². The van der Waals surface area contributed by atoms with E-state index >= 15 is 0 Å². The van der Waals surface area contributed by atoms with Gasteiger partial charge < -0.3 is 14.6 Å². The standard InChI is InChI=1S/C13H15N3O3/c1-3-12(17)15-10-4-6-11(7-5-10)18-8-13-14-9(2)16-19-13/h4-7H,3,8H2,1-2H3,(H,15,17). The molecule has 2 rings (SSSR count). The van der Waals surface area contributed by atoms with Crippen molar-refractivity contribution in [2.45, 2.75) is 26.9 Å². The molecule has 0 radical (unpaired) electrons. The molecule has 0 fully saturated rings. The third-order valence-corrected chi connectivity index (χ3v) is 2.39. The van der Waals surface area contributed by atoms with Gasteiger partial charge in [-0.3, -0.25) is 4.79 Å². The molecule has 1 amide bonds. The first-order valence-corrected chi connectivity index (χ1v) is 5.99. The molecule has 0 saturated heterocycles. The van der Waals surface area contributed by atoms with Gasteiger partial charge in [0.1, 0.15) is 5.75 Å². The van der Waals surface area contributed by atoms with Gasteiger partial charge in [-0.1, -0.05) is 12.1 Å². The van der Waals surface area contributed by atoms with Crippen LogP contribution in [0.15, 0.2) is 28.8 Å². The Labute approximate surface area is 110 Å². The number of carbonyl (C=O) groups excluding carboxylic acids is 1. The van der Waals surface area contributed by atoms with Crippen LogP contribution in [0.4, 0.5) is 5.69 Å². The van der Waals surface area contributed by atoms with Crippen LogP contribution >= 0.6 is 0 Å². The first-order valence-electron chi connectivity index (χ1n) is 5.99. The summed E-state index contributed by atoms with van der Waals surface area (Å²) in [5, 5.41) is 6.43. The highest BCUT2D eigenvalue weighted by Crippen LogP contribution is 2.16. The normalized spacial score (nSPS) is 10.2. The van der Waals surface area contributed by atoms with Crippen molar-refractivity contribution in [3.8, 4) is 5.75 Å². The largest absolute Gasteiger partial charge is 0.484 e. The molecule has 100 valence electrons. The Kier molecular flexibility index (Phi) is 4.12. The van der Waals surface area contributed by atoms with E-state index in [1.54, 1.807) is 38.1 Å². The van der Waals surface area contributed by atoms with Crippen LogP contribution < -0.4 is 10.1 Å². The minimum absolute atomic E-state index is 0.0185. The van der Waals surface area contributed by atoms with Gasteiger partial charge in [-0.15, -0.1) is 0 Å². The number of benzene rings is 1. The number of aryl methyl sites for hydroxylation is 1. The van der Waals surface area contributed by atoms with E-state index in [0.717, 1.165) is 5.69 Å². The Morgan fingerprint density at radius 3 is 2.68 bits per heavy atom. The number of ether oxygens (including phenoxy) is 1. The molecule has 2 aromatic rings. The van der Waals surface area contributed by atoms with E-state index in [9.17, 15) is 4.79 Å². The zero-order valence-corrected chi connectivity index (χ0v) is 10.8. The van der Waals surface area contributed by atoms with E-state index in [1.807, 2.05) is 0 Å². The molecule has 0 aliphatic heterocycles. The van der Waals surface area contributed by atoms with Crippen LogP contribution in [0.3, 0.4) is 0 Å². The fourth-order valence-electron chi connectivity index (χ4n) is 1.43. The van der Waals surface area contributed by atoms with Crippen molar-refractivity contribution in [3.63, 3.8) is 0 Å². The summed E-state index contributed by atoms with van der Waals surface area (Å²) in [4.78, 5) is 15.2. The lowest BCUT2D eigenvalue weighted by Crippen LogP contribution is -2.09. The Balaban J connectivity index is 1.89. The van der Waals surface area contributed by atoms with Gasteiger partial charge in [0.15, 0.2) is 12.4 Å². The van der Waals surface area contributed by atoms with Crippen LogP contribution in [0.5, 0.6) is 5.75 Å². The number of anilines is 1. The first kappa shape index (κ1) is 13.1. The lowest BCUT2D eigenvalue weighted by atomic mass is 10.3. The second kappa shape index (κ2) is 5.99. The highest BCUT2D eigenvalue weighted by atomic mass is 16.5. The topological polar surface area (TPSA) is 77.2 Å². The summed E-state index contributed by atoms with van der Waals surface area (Å²) in [6.45, 7) is 3.78. The molecule has 6 heteroatoms. The van der Waals surface area contributed by atoms with Crippen molar-refractivity contribution in [1.82, 2.24) is 10.1 Å².